The van der Waals surface area contributed by atoms with Crippen molar-refractivity contribution in [2.75, 3.05) is 5.32 Å². The molecule has 0 aliphatic rings. The van der Waals surface area contributed by atoms with Gasteiger partial charge in [-0.25, -0.2) is 0 Å². The second-order valence-corrected chi connectivity index (χ2v) is 4.32. The van der Waals surface area contributed by atoms with Gasteiger partial charge in [-0.1, -0.05) is 24.1 Å². The number of Topliss-reactive ketones (excluding diaryl/α,β-unsaturated/α-hetero) is 1. The van der Waals surface area contributed by atoms with E-state index in [0.29, 0.717) is 22.4 Å². The fraction of sp³-hybridized carbons (Fsp3) is 0.0588. The highest BCUT2D eigenvalue weighted by molar-refractivity contribution is 6.06. The van der Waals surface area contributed by atoms with Gasteiger partial charge in [0, 0.05) is 22.4 Å². The van der Waals surface area contributed by atoms with Gasteiger partial charge in [0.2, 0.25) is 0 Å². The Morgan fingerprint density at radius 3 is 2.45 bits per heavy atom. The van der Waals surface area contributed by atoms with Gasteiger partial charge in [0.25, 0.3) is 5.91 Å². The molecule has 0 radical (unpaired) electrons. The first-order valence-electron chi connectivity index (χ1n) is 6.09. The third-order valence-corrected chi connectivity index (χ3v) is 2.82. The number of terminal acetylenes is 1. The number of benzene rings is 2. The van der Waals surface area contributed by atoms with Crippen molar-refractivity contribution in [2.45, 2.75) is 6.92 Å². The Kier molecular flexibility index (Phi) is 3.97. The van der Waals surface area contributed by atoms with Crippen LogP contribution in [0.2, 0.25) is 0 Å². The standard InChI is InChI=1S/C17H13NO2/c1-3-13-6-4-9-16(10-13)18-17(20)15-8-5-7-14(11-15)12(2)19/h1,4-11H,2H3,(H,18,20). The average molecular weight is 263 g/mol. The average Bonchev–Trinajstić information content (AvgIpc) is 2.47. The molecule has 0 heterocycles. The van der Waals surface area contributed by atoms with Gasteiger partial charge in [0.1, 0.15) is 0 Å². The predicted molar refractivity (Wildman–Crippen MR) is 78.8 cm³/mol. The Balaban J connectivity index is 2.22. The minimum absolute atomic E-state index is 0.0750. The zero-order valence-corrected chi connectivity index (χ0v) is 11.0. The fourth-order valence-electron chi connectivity index (χ4n) is 1.77. The topological polar surface area (TPSA) is 46.2 Å². The number of anilines is 1. The molecule has 2 rings (SSSR count). The molecule has 1 amide bonds. The second-order valence-electron chi connectivity index (χ2n) is 4.32. The largest absolute Gasteiger partial charge is 0.322 e. The summed E-state index contributed by atoms with van der Waals surface area (Å²) in [5, 5.41) is 2.75. The van der Waals surface area contributed by atoms with Crippen LogP contribution in [0, 0.1) is 12.3 Å². The molecule has 0 aliphatic carbocycles. The summed E-state index contributed by atoms with van der Waals surface area (Å²) in [6, 6.07) is 13.6. The normalized spacial score (nSPS) is 9.60. The van der Waals surface area contributed by atoms with Crippen LogP contribution in [0.25, 0.3) is 0 Å². The Bertz CT molecular complexity index is 711. The molecule has 98 valence electrons. The zero-order chi connectivity index (χ0) is 14.5. The Hall–Kier alpha value is -2.86. The van der Waals surface area contributed by atoms with Gasteiger partial charge < -0.3 is 5.32 Å². The third kappa shape index (κ3) is 3.12. The van der Waals surface area contributed by atoms with Gasteiger partial charge in [-0.3, -0.25) is 9.59 Å². The quantitative estimate of drug-likeness (QED) is 0.683. The van der Waals surface area contributed by atoms with Gasteiger partial charge in [-0.15, -0.1) is 6.42 Å². The van der Waals surface area contributed by atoms with Crippen molar-refractivity contribution in [3.8, 4) is 12.3 Å². The number of rotatable bonds is 3. The molecule has 2 aromatic rings. The highest BCUT2D eigenvalue weighted by atomic mass is 16.1. The number of hydrogen-bond acceptors (Lipinski definition) is 2. The fourth-order valence-corrected chi connectivity index (χ4v) is 1.77. The minimum atomic E-state index is -0.276. The molecule has 2 aromatic carbocycles. The third-order valence-electron chi connectivity index (χ3n) is 2.82. The van der Waals surface area contributed by atoms with Gasteiger partial charge in [0.05, 0.1) is 0 Å². The van der Waals surface area contributed by atoms with Crippen molar-refractivity contribution in [1.82, 2.24) is 0 Å². The van der Waals surface area contributed by atoms with Crippen molar-refractivity contribution >= 4 is 17.4 Å². The van der Waals surface area contributed by atoms with Crippen LogP contribution in [-0.4, -0.2) is 11.7 Å². The summed E-state index contributed by atoms with van der Waals surface area (Å²) in [6.07, 6.45) is 5.31. The number of nitrogens with one attached hydrogen (secondary N) is 1. The second kappa shape index (κ2) is 5.85. The first-order valence-corrected chi connectivity index (χ1v) is 6.09. The Labute approximate surface area is 117 Å². The van der Waals surface area contributed by atoms with E-state index in [1.165, 1.54) is 6.92 Å². The van der Waals surface area contributed by atoms with E-state index in [1.807, 2.05) is 0 Å². The molecule has 0 aromatic heterocycles. The summed E-state index contributed by atoms with van der Waals surface area (Å²) >= 11 is 0. The van der Waals surface area contributed by atoms with E-state index in [-0.39, 0.29) is 11.7 Å². The summed E-state index contributed by atoms with van der Waals surface area (Å²) < 4.78 is 0. The summed E-state index contributed by atoms with van der Waals surface area (Å²) in [4.78, 5) is 23.4. The van der Waals surface area contributed by atoms with Crippen molar-refractivity contribution in [3.05, 3.63) is 65.2 Å². The van der Waals surface area contributed by atoms with Gasteiger partial charge >= 0.3 is 0 Å². The maximum atomic E-state index is 12.1. The summed E-state index contributed by atoms with van der Waals surface area (Å²) in [6.45, 7) is 1.47. The highest BCUT2D eigenvalue weighted by Gasteiger charge is 2.08. The molecule has 0 aliphatic heterocycles. The van der Waals surface area contributed by atoms with Crippen molar-refractivity contribution in [2.24, 2.45) is 0 Å². The first-order chi connectivity index (χ1) is 9.60. The van der Waals surface area contributed by atoms with Gasteiger partial charge in [0.15, 0.2) is 5.78 Å². The van der Waals surface area contributed by atoms with Crippen LogP contribution in [0.1, 0.15) is 33.2 Å². The molecule has 20 heavy (non-hydrogen) atoms. The van der Waals surface area contributed by atoms with E-state index in [9.17, 15) is 9.59 Å². The van der Waals surface area contributed by atoms with Crippen LogP contribution in [0.15, 0.2) is 48.5 Å². The van der Waals surface area contributed by atoms with E-state index in [4.69, 9.17) is 6.42 Å². The van der Waals surface area contributed by atoms with Crippen molar-refractivity contribution < 1.29 is 9.59 Å². The molecule has 3 nitrogen and oxygen atoms in total. The molecule has 0 fully saturated rings. The SMILES string of the molecule is C#Cc1cccc(NC(=O)c2cccc(C(C)=O)c2)c1. The number of amides is 1. The first kappa shape index (κ1) is 13.6. The monoisotopic (exact) mass is 263 g/mol. The molecule has 1 N–H and O–H groups in total. The number of carbonyl (C=O) groups excluding carboxylic acids is 2. The lowest BCUT2D eigenvalue weighted by Crippen LogP contribution is -2.12. The van der Waals surface area contributed by atoms with E-state index < -0.39 is 0 Å². The summed E-state index contributed by atoms with van der Waals surface area (Å²) in [5.41, 5.74) is 2.26. The van der Waals surface area contributed by atoms with Gasteiger partial charge in [-0.05, 0) is 37.3 Å². The maximum absolute atomic E-state index is 12.1. The molecular weight excluding hydrogens is 250 g/mol. The molecule has 3 heteroatoms. The predicted octanol–water partition coefficient (Wildman–Crippen LogP) is 3.12. The van der Waals surface area contributed by atoms with Crippen LogP contribution < -0.4 is 5.32 Å². The lowest BCUT2D eigenvalue weighted by Gasteiger charge is -2.06. The molecule has 0 spiro atoms. The lowest BCUT2D eigenvalue weighted by atomic mass is 10.1. The summed E-state index contributed by atoms with van der Waals surface area (Å²) in [5.74, 6) is 2.16. The smallest absolute Gasteiger partial charge is 0.255 e. The Morgan fingerprint density at radius 1 is 1.05 bits per heavy atom. The van der Waals surface area contributed by atoms with Crippen LogP contribution in [0.5, 0.6) is 0 Å². The van der Waals surface area contributed by atoms with Crippen LogP contribution in [0.3, 0.4) is 0 Å². The van der Waals surface area contributed by atoms with Gasteiger partial charge in [-0.2, -0.15) is 0 Å². The van der Waals surface area contributed by atoms with E-state index in [2.05, 4.69) is 11.2 Å². The lowest BCUT2D eigenvalue weighted by molar-refractivity contribution is 0.101. The number of carbonyl (C=O) groups is 2. The Morgan fingerprint density at radius 2 is 1.75 bits per heavy atom. The van der Waals surface area contributed by atoms with Crippen LogP contribution in [-0.2, 0) is 0 Å². The highest BCUT2D eigenvalue weighted by Crippen LogP contribution is 2.13. The van der Waals surface area contributed by atoms with Crippen LogP contribution >= 0.6 is 0 Å². The molecule has 0 bridgehead atoms. The molecule has 0 saturated heterocycles. The summed E-state index contributed by atoms with van der Waals surface area (Å²) in [7, 11) is 0. The molecular formula is C17H13NO2. The zero-order valence-electron chi connectivity index (χ0n) is 11.0. The van der Waals surface area contributed by atoms with Crippen molar-refractivity contribution in [1.29, 1.82) is 0 Å². The molecule has 0 saturated carbocycles. The maximum Gasteiger partial charge on any atom is 0.255 e. The van der Waals surface area contributed by atoms with E-state index in [1.54, 1.807) is 48.5 Å². The van der Waals surface area contributed by atoms with Crippen LogP contribution in [0.4, 0.5) is 5.69 Å². The molecule has 0 unspecified atom stereocenters. The van der Waals surface area contributed by atoms with E-state index >= 15 is 0 Å². The minimum Gasteiger partial charge on any atom is -0.322 e. The molecule has 0 atom stereocenters. The number of hydrogen-bond donors (Lipinski definition) is 1. The number of ketones is 1. The van der Waals surface area contributed by atoms with Crippen molar-refractivity contribution in [3.63, 3.8) is 0 Å². The van der Waals surface area contributed by atoms with E-state index in [0.717, 1.165) is 0 Å².